The average Bonchev–Trinajstić information content (AvgIpc) is 3.30. The zero-order chi connectivity index (χ0) is 25.1. The van der Waals surface area contributed by atoms with Gasteiger partial charge in [0.15, 0.2) is 12.1 Å². The number of allylic oxidation sites excluding steroid dienone is 1. The minimum Gasteiger partial charge on any atom is -0.485 e. The molecule has 3 aromatic rings. The first-order valence-electron chi connectivity index (χ1n) is 9.95. The molecular weight excluding hydrogens is 446 g/mol. The van der Waals surface area contributed by atoms with E-state index < -0.39 is 0 Å². The monoisotopic (exact) mass is 477 g/mol. The maximum atomic E-state index is 10.4. The number of ether oxygens (including phenoxy) is 2. The van der Waals surface area contributed by atoms with Crippen LogP contribution in [0.1, 0.15) is 18.3 Å². The third kappa shape index (κ3) is 10.3. The fourth-order valence-corrected chi connectivity index (χ4v) is 2.69. The van der Waals surface area contributed by atoms with E-state index in [2.05, 4.69) is 25.9 Å². The lowest BCUT2D eigenvalue weighted by Gasteiger charge is -2.07. The minimum absolute atomic E-state index is 0.0216. The molecule has 180 valence electrons. The summed E-state index contributed by atoms with van der Waals surface area (Å²) in [5.41, 5.74) is 10.7. The first-order chi connectivity index (χ1) is 16.1. The summed E-state index contributed by atoms with van der Waals surface area (Å²) < 4.78 is 9.77. The van der Waals surface area contributed by atoms with E-state index in [9.17, 15) is 4.79 Å². The molecule has 0 unspecified atom stereocenters. The first-order valence-corrected chi connectivity index (χ1v) is 10.3. The smallest absolute Gasteiger partial charge is 0.157 e. The van der Waals surface area contributed by atoms with Crippen molar-refractivity contribution in [3.63, 3.8) is 0 Å². The van der Waals surface area contributed by atoms with Crippen molar-refractivity contribution in [1.29, 1.82) is 0 Å². The van der Waals surface area contributed by atoms with Crippen LogP contribution in [0.4, 0.5) is 0 Å². The summed E-state index contributed by atoms with van der Waals surface area (Å²) in [6.07, 6.45) is 3.21. The number of nitrogens with two attached hydrogens (primary N) is 2. The number of imidazole rings is 1. The molecule has 0 aliphatic carbocycles. The molecule has 3 rings (SSSR count). The minimum atomic E-state index is -0.0216. The first kappa shape index (κ1) is 29.8. The number of halogens is 1. The van der Waals surface area contributed by atoms with Crippen LogP contribution in [0.3, 0.4) is 0 Å². The zero-order valence-electron chi connectivity index (χ0n) is 19.1. The SMILES string of the molecule is C=O.CCOC.CN.NN/C(=C\Cc1ccc(OCC=O)c(Cl)c1)c1nc2ccccc2[nH]1. The number of aldehydes is 1. The van der Waals surface area contributed by atoms with E-state index in [-0.39, 0.29) is 6.61 Å². The molecule has 1 aromatic heterocycles. The second-order valence-electron chi connectivity index (χ2n) is 5.89. The molecule has 0 aliphatic heterocycles. The van der Waals surface area contributed by atoms with Crippen LogP contribution in [-0.4, -0.2) is 50.4 Å². The molecule has 0 radical (unpaired) electrons. The van der Waals surface area contributed by atoms with Gasteiger partial charge in [0.2, 0.25) is 0 Å². The van der Waals surface area contributed by atoms with E-state index in [0.29, 0.717) is 35.0 Å². The number of methoxy groups -OCH3 is 1. The highest BCUT2D eigenvalue weighted by atomic mass is 35.5. The molecular formula is C23H32ClN5O4. The number of nitrogens with zero attached hydrogens (tertiary/aromatic N) is 1. The highest BCUT2D eigenvalue weighted by molar-refractivity contribution is 6.32. The van der Waals surface area contributed by atoms with Gasteiger partial charge in [-0.05, 0) is 50.2 Å². The summed E-state index contributed by atoms with van der Waals surface area (Å²) in [7, 11) is 3.18. The van der Waals surface area contributed by atoms with Gasteiger partial charge in [-0.25, -0.2) is 4.98 Å². The summed E-state index contributed by atoms with van der Waals surface area (Å²) in [5.74, 6) is 6.79. The topological polar surface area (TPSA) is 145 Å². The number of nitrogens with one attached hydrogen (secondary N) is 2. The van der Waals surface area contributed by atoms with Gasteiger partial charge in [-0.1, -0.05) is 35.9 Å². The Morgan fingerprint density at radius 3 is 2.45 bits per heavy atom. The Labute approximate surface area is 199 Å². The van der Waals surface area contributed by atoms with E-state index in [4.69, 9.17) is 27.0 Å². The number of hydrazine groups is 1. The Kier molecular flexibility index (Phi) is 16.5. The highest BCUT2D eigenvalue weighted by Crippen LogP contribution is 2.26. The number of aromatic nitrogens is 2. The standard InChI is InChI=1S/C18H17ClN4O2.C3H8O.CH5N.CH2O/c19-13-11-12(6-8-17(13)25-10-9-24)5-7-16(23-20)18-21-14-3-1-2-4-15(14)22-18;1-3-4-2;2*1-2/h1-4,6-9,11,23H,5,10,20H2,(H,21,22);3H2,1-2H3;2H2,1H3;1H2/b16-7-;;;. The van der Waals surface area contributed by atoms with Crippen molar-refractivity contribution in [3.8, 4) is 5.75 Å². The number of H-pyrrole nitrogens is 1. The highest BCUT2D eigenvalue weighted by Gasteiger charge is 2.07. The molecule has 6 N–H and O–H groups in total. The van der Waals surface area contributed by atoms with Crippen molar-refractivity contribution in [1.82, 2.24) is 15.4 Å². The summed E-state index contributed by atoms with van der Waals surface area (Å²) in [4.78, 5) is 26.1. The lowest BCUT2D eigenvalue weighted by molar-refractivity contribution is -0.109. The Bertz CT molecular complexity index is 943. The maximum Gasteiger partial charge on any atom is 0.157 e. The molecule has 0 fully saturated rings. The fraction of sp³-hybridized carbons (Fsp3) is 0.261. The Morgan fingerprint density at radius 2 is 1.91 bits per heavy atom. The van der Waals surface area contributed by atoms with Crippen LogP contribution < -0.4 is 21.7 Å². The number of hydrogen-bond donors (Lipinski definition) is 4. The normalized spacial score (nSPS) is 9.94. The van der Waals surface area contributed by atoms with Gasteiger partial charge < -0.3 is 30.4 Å². The van der Waals surface area contributed by atoms with Gasteiger partial charge in [-0.3, -0.25) is 10.6 Å². The van der Waals surface area contributed by atoms with Crippen LogP contribution >= 0.6 is 11.6 Å². The number of benzene rings is 2. The van der Waals surface area contributed by atoms with Crippen LogP contribution in [0.15, 0.2) is 48.5 Å². The van der Waals surface area contributed by atoms with E-state index in [1.54, 1.807) is 19.2 Å². The Morgan fingerprint density at radius 1 is 1.24 bits per heavy atom. The number of carbonyl (C=O) groups is 2. The molecule has 0 saturated carbocycles. The van der Waals surface area contributed by atoms with Gasteiger partial charge in [-0.2, -0.15) is 0 Å². The quantitative estimate of drug-likeness (QED) is 0.220. The summed E-state index contributed by atoms with van der Waals surface area (Å²) in [6, 6.07) is 13.2. The molecule has 1 heterocycles. The molecule has 0 atom stereocenters. The van der Waals surface area contributed by atoms with Crippen molar-refractivity contribution >= 4 is 41.4 Å². The van der Waals surface area contributed by atoms with Crippen LogP contribution in [0.25, 0.3) is 16.7 Å². The molecule has 33 heavy (non-hydrogen) atoms. The van der Waals surface area contributed by atoms with Gasteiger partial charge in [-0.15, -0.1) is 0 Å². The van der Waals surface area contributed by atoms with Gasteiger partial charge in [0.25, 0.3) is 0 Å². The predicted octanol–water partition coefficient (Wildman–Crippen LogP) is 2.88. The lowest BCUT2D eigenvalue weighted by atomic mass is 10.1. The largest absolute Gasteiger partial charge is 0.485 e. The Balaban J connectivity index is 0.00000113. The van der Waals surface area contributed by atoms with Gasteiger partial charge in [0, 0.05) is 13.7 Å². The number of carbonyl (C=O) groups excluding carboxylic acids is 2. The second-order valence-corrected chi connectivity index (χ2v) is 6.30. The average molecular weight is 478 g/mol. The van der Waals surface area contributed by atoms with Gasteiger partial charge in [0.05, 0.1) is 21.8 Å². The number of aromatic amines is 1. The molecule has 9 nitrogen and oxygen atoms in total. The molecule has 0 aliphatic rings. The summed E-state index contributed by atoms with van der Waals surface area (Å²) >= 11 is 6.16. The van der Waals surface area contributed by atoms with Gasteiger partial charge >= 0.3 is 0 Å². The molecule has 2 aromatic carbocycles. The Hall–Kier alpha value is -3.24. The predicted molar refractivity (Wildman–Crippen MR) is 133 cm³/mol. The molecule has 0 bridgehead atoms. The third-order valence-corrected chi connectivity index (χ3v) is 4.23. The van der Waals surface area contributed by atoms with Crippen molar-refractivity contribution in [2.45, 2.75) is 13.3 Å². The molecule has 10 heteroatoms. The van der Waals surface area contributed by atoms with E-state index >= 15 is 0 Å². The van der Waals surface area contributed by atoms with Crippen LogP contribution in [0, 0.1) is 0 Å². The molecule has 0 amide bonds. The van der Waals surface area contributed by atoms with Crippen molar-refractivity contribution in [3.05, 3.63) is 65.0 Å². The number of rotatable bonds is 8. The van der Waals surface area contributed by atoms with Crippen LogP contribution in [0.2, 0.25) is 5.02 Å². The number of fused-ring (bicyclic) bond motifs is 1. The van der Waals surface area contributed by atoms with E-state index in [1.165, 1.54) is 7.05 Å². The fourth-order valence-electron chi connectivity index (χ4n) is 2.44. The van der Waals surface area contributed by atoms with Crippen LogP contribution in [-0.2, 0) is 20.7 Å². The summed E-state index contributed by atoms with van der Waals surface area (Å²) in [5, 5.41) is 0.457. The number of para-hydroxylation sites is 2. The molecule has 0 saturated heterocycles. The third-order valence-electron chi connectivity index (χ3n) is 3.93. The molecule has 0 spiro atoms. The number of hydrogen-bond acceptors (Lipinski definition) is 8. The van der Waals surface area contributed by atoms with Crippen molar-refractivity contribution in [2.24, 2.45) is 11.6 Å². The van der Waals surface area contributed by atoms with E-state index in [1.807, 2.05) is 50.1 Å². The second kappa shape index (κ2) is 18.3. The van der Waals surface area contributed by atoms with Crippen LogP contribution in [0.5, 0.6) is 5.75 Å². The van der Waals surface area contributed by atoms with Crippen molar-refractivity contribution in [2.75, 3.05) is 27.4 Å². The zero-order valence-corrected chi connectivity index (χ0v) is 19.9. The maximum absolute atomic E-state index is 10.4. The van der Waals surface area contributed by atoms with Crippen molar-refractivity contribution < 1.29 is 19.1 Å². The lowest BCUT2D eigenvalue weighted by Crippen LogP contribution is -2.21. The van der Waals surface area contributed by atoms with E-state index in [0.717, 1.165) is 23.2 Å². The van der Waals surface area contributed by atoms with Gasteiger partial charge in [0.1, 0.15) is 19.1 Å². The summed E-state index contributed by atoms with van der Waals surface area (Å²) in [6.45, 7) is 4.76.